The highest BCUT2D eigenvalue weighted by molar-refractivity contribution is 6.30. The van der Waals surface area contributed by atoms with Crippen LogP contribution in [0.4, 0.5) is 5.82 Å². The minimum absolute atomic E-state index is 0.0136. The number of H-pyrrole nitrogens is 1. The van der Waals surface area contributed by atoms with Crippen LogP contribution in [0.5, 0.6) is 0 Å². The fraction of sp³-hybridized carbons (Fsp3) is 0.333. The zero-order valence-corrected chi connectivity index (χ0v) is 15.4. The molecular weight excluding hydrogens is 346 g/mol. The van der Waals surface area contributed by atoms with E-state index >= 15 is 0 Å². The van der Waals surface area contributed by atoms with E-state index in [4.69, 9.17) is 11.6 Å². The number of hydrogen-bond acceptors (Lipinski definition) is 3. The number of benzene rings is 1. The fourth-order valence-corrected chi connectivity index (χ4v) is 3.90. The molecule has 1 fully saturated rings. The van der Waals surface area contributed by atoms with Gasteiger partial charge in [-0.15, -0.1) is 0 Å². The quantitative estimate of drug-likeness (QED) is 0.663. The summed E-state index contributed by atoms with van der Waals surface area (Å²) in [5.74, 6) is 1.34. The van der Waals surface area contributed by atoms with Crippen molar-refractivity contribution in [3.8, 4) is 11.1 Å². The van der Waals surface area contributed by atoms with Crippen molar-refractivity contribution in [3.05, 3.63) is 58.0 Å². The molecule has 26 heavy (non-hydrogen) atoms. The lowest BCUT2D eigenvalue weighted by molar-refractivity contribution is 0.373. The van der Waals surface area contributed by atoms with E-state index in [0.717, 1.165) is 17.6 Å². The third-order valence-corrected chi connectivity index (χ3v) is 5.48. The number of pyridine rings is 2. The maximum atomic E-state index is 13.2. The average molecular weight is 368 g/mol. The van der Waals surface area contributed by atoms with Crippen LogP contribution in [0.15, 0.2) is 47.5 Å². The zero-order valence-electron chi connectivity index (χ0n) is 14.6. The number of halogens is 1. The van der Waals surface area contributed by atoms with Crippen molar-refractivity contribution in [1.29, 1.82) is 0 Å². The first kappa shape index (κ1) is 17.1. The van der Waals surface area contributed by atoms with Crippen molar-refractivity contribution in [1.82, 2.24) is 9.97 Å². The molecule has 0 spiro atoms. The van der Waals surface area contributed by atoms with E-state index in [9.17, 15) is 4.79 Å². The zero-order chi connectivity index (χ0) is 17.9. The molecule has 0 radical (unpaired) electrons. The molecule has 3 aromatic rings. The number of anilines is 1. The van der Waals surface area contributed by atoms with E-state index in [1.54, 1.807) is 24.5 Å². The maximum Gasteiger partial charge on any atom is 0.200 e. The van der Waals surface area contributed by atoms with Crippen LogP contribution >= 0.6 is 11.6 Å². The first-order chi connectivity index (χ1) is 12.7. The minimum atomic E-state index is -0.0136. The predicted octanol–water partition coefficient (Wildman–Crippen LogP) is 5.24. The summed E-state index contributed by atoms with van der Waals surface area (Å²) in [6.45, 7) is 0.872. The topological polar surface area (TPSA) is 57.8 Å². The maximum absolute atomic E-state index is 13.2. The fourth-order valence-electron chi connectivity index (χ4n) is 3.77. The summed E-state index contributed by atoms with van der Waals surface area (Å²) in [5.41, 5.74) is 2.26. The smallest absolute Gasteiger partial charge is 0.200 e. The van der Waals surface area contributed by atoms with Gasteiger partial charge in [-0.1, -0.05) is 43.0 Å². The molecule has 1 aromatic carbocycles. The summed E-state index contributed by atoms with van der Waals surface area (Å²) < 4.78 is 0. The molecule has 5 heteroatoms. The van der Waals surface area contributed by atoms with Crippen LogP contribution < -0.4 is 10.7 Å². The van der Waals surface area contributed by atoms with Crippen molar-refractivity contribution in [2.45, 2.75) is 32.1 Å². The summed E-state index contributed by atoms with van der Waals surface area (Å²) in [5, 5.41) is 4.71. The highest BCUT2D eigenvalue weighted by Gasteiger charge is 2.16. The minimum Gasteiger partial charge on any atom is -0.369 e. The van der Waals surface area contributed by atoms with Gasteiger partial charge in [-0.3, -0.25) is 4.79 Å². The Hall–Kier alpha value is -2.33. The van der Waals surface area contributed by atoms with Crippen LogP contribution in [0.3, 0.4) is 0 Å². The van der Waals surface area contributed by atoms with Gasteiger partial charge < -0.3 is 10.3 Å². The number of fused-ring (bicyclic) bond motifs is 1. The van der Waals surface area contributed by atoms with Gasteiger partial charge in [-0.05, 0) is 42.5 Å². The Kier molecular flexibility index (Phi) is 4.93. The lowest BCUT2D eigenvalue weighted by atomic mass is 9.89. The van der Waals surface area contributed by atoms with Gasteiger partial charge in [0.1, 0.15) is 5.82 Å². The SMILES string of the molecule is O=c1c(-c2ccc(Cl)cc2)c[nH]c2ccnc(NCC3CCCCC3)c12. The Bertz CT molecular complexity index is 959. The molecule has 2 heterocycles. The lowest BCUT2D eigenvalue weighted by Crippen LogP contribution is -2.19. The summed E-state index contributed by atoms with van der Waals surface area (Å²) in [4.78, 5) is 20.8. The number of rotatable bonds is 4. The molecule has 0 amide bonds. The van der Waals surface area contributed by atoms with Crippen LogP contribution in [-0.4, -0.2) is 16.5 Å². The summed E-state index contributed by atoms with van der Waals surface area (Å²) in [6.07, 6.45) is 9.96. The summed E-state index contributed by atoms with van der Waals surface area (Å²) >= 11 is 5.97. The largest absolute Gasteiger partial charge is 0.369 e. The standard InChI is InChI=1S/C21H22ClN3O/c22-16-8-6-15(7-9-16)17-13-24-18-10-11-23-21(19(18)20(17)26)25-12-14-4-2-1-3-5-14/h6-11,13-14H,1-5,12H2,(H,23,25)(H,24,26). The first-order valence-electron chi connectivity index (χ1n) is 9.22. The molecule has 1 aliphatic carbocycles. The Morgan fingerprint density at radius 2 is 1.88 bits per heavy atom. The summed E-state index contributed by atoms with van der Waals surface area (Å²) in [7, 11) is 0. The van der Waals surface area contributed by atoms with Crippen LogP contribution in [0.1, 0.15) is 32.1 Å². The van der Waals surface area contributed by atoms with E-state index in [1.807, 2.05) is 18.2 Å². The third-order valence-electron chi connectivity index (χ3n) is 5.23. The molecule has 0 bridgehead atoms. The lowest BCUT2D eigenvalue weighted by Gasteiger charge is -2.22. The van der Waals surface area contributed by atoms with Crippen molar-refractivity contribution in [2.75, 3.05) is 11.9 Å². The van der Waals surface area contributed by atoms with Crippen molar-refractivity contribution >= 4 is 28.3 Å². The van der Waals surface area contributed by atoms with Gasteiger partial charge in [-0.25, -0.2) is 4.98 Å². The predicted molar refractivity (Wildman–Crippen MR) is 108 cm³/mol. The van der Waals surface area contributed by atoms with Gasteiger partial charge in [0.15, 0.2) is 0 Å². The molecule has 1 aliphatic rings. The van der Waals surface area contributed by atoms with Crippen LogP contribution in [0.2, 0.25) is 5.02 Å². The highest BCUT2D eigenvalue weighted by Crippen LogP contribution is 2.26. The van der Waals surface area contributed by atoms with E-state index in [2.05, 4.69) is 15.3 Å². The summed E-state index contributed by atoms with van der Waals surface area (Å²) in [6, 6.07) is 9.17. The first-order valence-corrected chi connectivity index (χ1v) is 9.60. The van der Waals surface area contributed by atoms with Crippen molar-refractivity contribution < 1.29 is 0 Å². The molecule has 2 aromatic heterocycles. The molecule has 0 saturated heterocycles. The number of aromatic nitrogens is 2. The van der Waals surface area contributed by atoms with Gasteiger partial charge in [0.25, 0.3) is 0 Å². The van der Waals surface area contributed by atoms with Crippen LogP contribution in [0.25, 0.3) is 22.0 Å². The second-order valence-electron chi connectivity index (χ2n) is 7.01. The number of hydrogen-bond donors (Lipinski definition) is 2. The van der Waals surface area contributed by atoms with Gasteiger partial charge >= 0.3 is 0 Å². The van der Waals surface area contributed by atoms with Crippen molar-refractivity contribution in [2.24, 2.45) is 5.92 Å². The van der Waals surface area contributed by atoms with E-state index in [-0.39, 0.29) is 5.43 Å². The van der Waals surface area contributed by atoms with Gasteiger partial charge in [0, 0.05) is 29.5 Å². The number of nitrogens with zero attached hydrogens (tertiary/aromatic N) is 1. The molecule has 0 aliphatic heterocycles. The van der Waals surface area contributed by atoms with Gasteiger partial charge in [-0.2, -0.15) is 0 Å². The second kappa shape index (κ2) is 7.50. The Balaban J connectivity index is 1.70. The molecule has 4 rings (SSSR count). The van der Waals surface area contributed by atoms with Crippen LogP contribution in [-0.2, 0) is 0 Å². The molecule has 1 saturated carbocycles. The average Bonchev–Trinajstić information content (AvgIpc) is 2.68. The van der Waals surface area contributed by atoms with E-state index in [1.165, 1.54) is 32.1 Å². The Morgan fingerprint density at radius 3 is 2.65 bits per heavy atom. The number of aromatic amines is 1. The second-order valence-corrected chi connectivity index (χ2v) is 7.44. The molecule has 0 atom stereocenters. The number of nitrogens with one attached hydrogen (secondary N) is 2. The molecule has 134 valence electrons. The molecule has 0 unspecified atom stereocenters. The van der Waals surface area contributed by atoms with Crippen molar-refractivity contribution in [3.63, 3.8) is 0 Å². The molecule has 4 nitrogen and oxygen atoms in total. The Labute approximate surface area is 157 Å². The Morgan fingerprint density at radius 1 is 1.12 bits per heavy atom. The molecule has 2 N–H and O–H groups in total. The van der Waals surface area contributed by atoms with Gasteiger partial charge in [0.2, 0.25) is 5.43 Å². The highest BCUT2D eigenvalue weighted by atomic mass is 35.5. The monoisotopic (exact) mass is 367 g/mol. The van der Waals surface area contributed by atoms with E-state index < -0.39 is 0 Å². The normalized spacial score (nSPS) is 15.3. The molecular formula is C21H22ClN3O. The van der Waals surface area contributed by atoms with Gasteiger partial charge in [0.05, 0.1) is 10.9 Å². The third kappa shape index (κ3) is 3.47. The van der Waals surface area contributed by atoms with E-state index in [0.29, 0.717) is 27.7 Å². The van der Waals surface area contributed by atoms with Crippen LogP contribution in [0, 0.1) is 5.92 Å².